The number of hydrogen-bond donors (Lipinski definition) is 1. The number of ether oxygens (including phenoxy) is 2. The van der Waals surface area contributed by atoms with Crippen LogP contribution in [0.3, 0.4) is 0 Å². The van der Waals surface area contributed by atoms with Crippen molar-refractivity contribution in [2.45, 2.75) is 58.5 Å². The van der Waals surface area contributed by atoms with Gasteiger partial charge in [0.1, 0.15) is 0 Å². The molecule has 1 aliphatic rings. The van der Waals surface area contributed by atoms with E-state index in [0.717, 1.165) is 17.5 Å². The molecule has 1 aliphatic carbocycles. The van der Waals surface area contributed by atoms with Crippen LogP contribution in [0.25, 0.3) is 0 Å². The summed E-state index contributed by atoms with van der Waals surface area (Å²) in [4.78, 5) is 0. The molecule has 1 aromatic carbocycles. The highest BCUT2D eigenvalue weighted by Crippen LogP contribution is 2.33. The lowest BCUT2D eigenvalue weighted by Crippen LogP contribution is -2.32. The summed E-state index contributed by atoms with van der Waals surface area (Å²) in [6.45, 7) is 9.85. The van der Waals surface area contributed by atoms with E-state index < -0.39 is 0 Å². The first-order valence-electron chi connectivity index (χ1n) is 7.81. The second kappa shape index (κ2) is 6.98. The van der Waals surface area contributed by atoms with Gasteiger partial charge in [0.15, 0.2) is 11.5 Å². The Bertz CT molecular complexity index is 429. The zero-order chi connectivity index (χ0) is 14.5. The number of rotatable bonds is 8. The first-order valence-corrected chi connectivity index (χ1v) is 7.81. The van der Waals surface area contributed by atoms with Crippen molar-refractivity contribution >= 4 is 0 Å². The number of nitrogens with one attached hydrogen (secondary N) is 1. The van der Waals surface area contributed by atoms with Crippen molar-refractivity contribution in [3.63, 3.8) is 0 Å². The van der Waals surface area contributed by atoms with E-state index in [4.69, 9.17) is 9.47 Å². The van der Waals surface area contributed by atoms with E-state index in [1.54, 1.807) is 0 Å². The van der Waals surface area contributed by atoms with Crippen molar-refractivity contribution in [3.8, 4) is 11.5 Å². The smallest absolute Gasteiger partial charge is 0.161 e. The van der Waals surface area contributed by atoms with Gasteiger partial charge in [0.05, 0.1) is 13.2 Å². The van der Waals surface area contributed by atoms with Crippen molar-refractivity contribution in [1.29, 1.82) is 0 Å². The van der Waals surface area contributed by atoms with Crippen LogP contribution in [0.4, 0.5) is 0 Å². The van der Waals surface area contributed by atoms with Crippen LogP contribution in [0.15, 0.2) is 18.2 Å². The van der Waals surface area contributed by atoms with Gasteiger partial charge in [0, 0.05) is 12.1 Å². The predicted molar refractivity (Wildman–Crippen MR) is 82.8 cm³/mol. The zero-order valence-corrected chi connectivity index (χ0v) is 13.1. The van der Waals surface area contributed by atoms with E-state index >= 15 is 0 Å². The third-order valence-corrected chi connectivity index (χ3v) is 3.92. The SMILES string of the molecule is CCOc1ccc(C(C)C(C)NC2CC2)cc1OCC. The fraction of sp³-hybridized carbons (Fsp3) is 0.647. The lowest BCUT2D eigenvalue weighted by Gasteiger charge is -2.23. The molecule has 0 aromatic heterocycles. The molecule has 0 saturated heterocycles. The molecule has 0 amide bonds. The highest BCUT2D eigenvalue weighted by molar-refractivity contribution is 5.44. The maximum absolute atomic E-state index is 5.71. The van der Waals surface area contributed by atoms with Crippen molar-refractivity contribution in [2.75, 3.05) is 13.2 Å². The maximum Gasteiger partial charge on any atom is 0.161 e. The van der Waals surface area contributed by atoms with Crippen molar-refractivity contribution in [1.82, 2.24) is 5.32 Å². The highest BCUT2D eigenvalue weighted by atomic mass is 16.5. The second-order valence-corrected chi connectivity index (χ2v) is 5.59. The Hall–Kier alpha value is -1.22. The Balaban J connectivity index is 2.11. The summed E-state index contributed by atoms with van der Waals surface area (Å²) in [5.74, 6) is 2.16. The van der Waals surface area contributed by atoms with E-state index in [2.05, 4.69) is 31.3 Å². The molecule has 0 spiro atoms. The predicted octanol–water partition coefficient (Wildman–Crippen LogP) is 3.73. The van der Waals surface area contributed by atoms with Gasteiger partial charge in [-0.15, -0.1) is 0 Å². The summed E-state index contributed by atoms with van der Waals surface area (Å²) < 4.78 is 11.3. The Morgan fingerprint density at radius 1 is 1.10 bits per heavy atom. The lowest BCUT2D eigenvalue weighted by molar-refractivity contribution is 0.287. The maximum atomic E-state index is 5.71. The molecular weight excluding hydrogens is 250 g/mol. The van der Waals surface area contributed by atoms with Gasteiger partial charge in [-0.3, -0.25) is 0 Å². The van der Waals surface area contributed by atoms with Gasteiger partial charge >= 0.3 is 0 Å². The van der Waals surface area contributed by atoms with Gasteiger partial charge in [-0.2, -0.15) is 0 Å². The number of benzene rings is 1. The normalized spacial score (nSPS) is 17.6. The second-order valence-electron chi connectivity index (χ2n) is 5.59. The van der Waals surface area contributed by atoms with Crippen LogP contribution in [-0.4, -0.2) is 25.3 Å². The molecule has 1 N–H and O–H groups in total. The molecule has 0 radical (unpaired) electrons. The summed E-state index contributed by atoms with van der Waals surface area (Å²) in [5.41, 5.74) is 1.30. The van der Waals surface area contributed by atoms with Crippen LogP contribution < -0.4 is 14.8 Å². The summed E-state index contributed by atoms with van der Waals surface area (Å²) in [5, 5.41) is 3.67. The zero-order valence-electron chi connectivity index (χ0n) is 13.1. The van der Waals surface area contributed by atoms with Gasteiger partial charge in [0.2, 0.25) is 0 Å². The van der Waals surface area contributed by atoms with Gasteiger partial charge < -0.3 is 14.8 Å². The molecule has 112 valence electrons. The van der Waals surface area contributed by atoms with Crippen LogP contribution in [-0.2, 0) is 0 Å². The Morgan fingerprint density at radius 3 is 2.35 bits per heavy atom. The molecule has 2 atom stereocenters. The van der Waals surface area contributed by atoms with Crippen LogP contribution in [0.1, 0.15) is 52.0 Å². The minimum atomic E-state index is 0.463. The minimum absolute atomic E-state index is 0.463. The Kier molecular flexibility index (Phi) is 5.30. The molecule has 0 bridgehead atoms. The topological polar surface area (TPSA) is 30.5 Å². The van der Waals surface area contributed by atoms with E-state index in [1.807, 2.05) is 19.9 Å². The van der Waals surface area contributed by atoms with E-state index in [1.165, 1.54) is 18.4 Å². The molecular formula is C17H27NO2. The van der Waals surface area contributed by atoms with Crippen LogP contribution in [0.2, 0.25) is 0 Å². The number of hydrogen-bond acceptors (Lipinski definition) is 3. The van der Waals surface area contributed by atoms with Crippen LogP contribution in [0, 0.1) is 0 Å². The largest absolute Gasteiger partial charge is 0.490 e. The standard InChI is InChI=1S/C17H27NO2/c1-5-19-16-10-7-14(11-17(16)20-6-2)12(3)13(4)18-15-8-9-15/h7,10-13,15,18H,5-6,8-9H2,1-4H3. The average Bonchev–Trinajstić information content (AvgIpc) is 3.24. The summed E-state index contributed by atoms with van der Waals surface area (Å²) in [7, 11) is 0. The van der Waals surface area contributed by atoms with Crippen molar-refractivity contribution < 1.29 is 9.47 Å². The van der Waals surface area contributed by atoms with Gasteiger partial charge in [0.25, 0.3) is 0 Å². The molecule has 0 heterocycles. The molecule has 1 saturated carbocycles. The third kappa shape index (κ3) is 3.89. The van der Waals surface area contributed by atoms with Gasteiger partial charge in [-0.05, 0) is 57.2 Å². The van der Waals surface area contributed by atoms with E-state index in [9.17, 15) is 0 Å². The summed E-state index contributed by atoms with van der Waals surface area (Å²) in [6.07, 6.45) is 2.65. The first kappa shape index (κ1) is 15.2. The molecule has 3 nitrogen and oxygen atoms in total. The fourth-order valence-corrected chi connectivity index (χ4v) is 2.41. The molecule has 2 unspecified atom stereocenters. The molecule has 2 rings (SSSR count). The van der Waals surface area contributed by atoms with Gasteiger partial charge in [-0.25, -0.2) is 0 Å². The minimum Gasteiger partial charge on any atom is -0.490 e. The quantitative estimate of drug-likeness (QED) is 0.785. The molecule has 1 aromatic rings. The summed E-state index contributed by atoms with van der Waals surface area (Å²) >= 11 is 0. The molecule has 3 heteroatoms. The molecule has 0 aliphatic heterocycles. The Morgan fingerprint density at radius 2 is 1.75 bits per heavy atom. The van der Waals surface area contributed by atoms with Gasteiger partial charge in [-0.1, -0.05) is 13.0 Å². The van der Waals surface area contributed by atoms with E-state index in [0.29, 0.717) is 25.2 Å². The van der Waals surface area contributed by atoms with E-state index in [-0.39, 0.29) is 0 Å². The average molecular weight is 277 g/mol. The third-order valence-electron chi connectivity index (χ3n) is 3.92. The van der Waals surface area contributed by atoms with Crippen molar-refractivity contribution in [2.24, 2.45) is 0 Å². The van der Waals surface area contributed by atoms with Crippen LogP contribution >= 0.6 is 0 Å². The Labute approximate surface area is 122 Å². The van der Waals surface area contributed by atoms with Crippen LogP contribution in [0.5, 0.6) is 11.5 Å². The molecule has 20 heavy (non-hydrogen) atoms. The lowest BCUT2D eigenvalue weighted by atomic mass is 9.94. The summed E-state index contributed by atoms with van der Waals surface area (Å²) in [6, 6.07) is 7.54. The first-order chi connectivity index (χ1) is 9.65. The fourth-order valence-electron chi connectivity index (χ4n) is 2.41. The molecule has 1 fully saturated rings. The van der Waals surface area contributed by atoms with Crippen molar-refractivity contribution in [3.05, 3.63) is 23.8 Å². The highest BCUT2D eigenvalue weighted by Gasteiger charge is 2.25. The monoisotopic (exact) mass is 277 g/mol.